The summed E-state index contributed by atoms with van der Waals surface area (Å²) in [6, 6.07) is 12.9. The first kappa shape index (κ1) is 18.3. The second-order valence-corrected chi connectivity index (χ2v) is 8.45. The Bertz CT molecular complexity index is 774. The van der Waals surface area contributed by atoms with Gasteiger partial charge in [-0.3, -0.25) is 4.79 Å². The van der Waals surface area contributed by atoms with Crippen LogP contribution in [0, 0.1) is 12.3 Å². The lowest BCUT2D eigenvalue weighted by atomic mass is 9.68. The van der Waals surface area contributed by atoms with Gasteiger partial charge in [-0.2, -0.15) is 0 Å². The average molecular weight is 366 g/mol. The van der Waals surface area contributed by atoms with E-state index in [2.05, 4.69) is 52.0 Å². The third-order valence-corrected chi connectivity index (χ3v) is 6.73. The predicted molar refractivity (Wildman–Crippen MR) is 109 cm³/mol. The van der Waals surface area contributed by atoms with E-state index in [9.17, 15) is 4.79 Å². The molecule has 27 heavy (non-hydrogen) atoms. The Labute approximate surface area is 162 Å². The van der Waals surface area contributed by atoms with Crippen LogP contribution in [0.2, 0.25) is 0 Å². The highest BCUT2D eigenvalue weighted by atomic mass is 16.2. The molecule has 0 bridgehead atoms. The summed E-state index contributed by atoms with van der Waals surface area (Å²) in [5.41, 5.74) is 3.61. The molecule has 1 amide bonds. The van der Waals surface area contributed by atoms with Crippen molar-refractivity contribution in [3.05, 3.63) is 59.4 Å². The number of piperidine rings is 2. The summed E-state index contributed by atoms with van der Waals surface area (Å²) >= 11 is 0. The average Bonchev–Trinajstić information content (AvgIpc) is 3.14. The number of aromatic amines is 1. The van der Waals surface area contributed by atoms with Gasteiger partial charge in [-0.1, -0.05) is 37.3 Å². The lowest BCUT2D eigenvalue weighted by Crippen LogP contribution is -2.52. The number of benzene rings is 1. The van der Waals surface area contributed by atoms with E-state index in [1.165, 1.54) is 18.5 Å². The number of hydrogen-bond donors (Lipinski definition) is 1. The van der Waals surface area contributed by atoms with Crippen LogP contribution in [0.3, 0.4) is 0 Å². The molecule has 1 N–H and O–H groups in total. The Morgan fingerprint density at radius 3 is 2.56 bits per heavy atom. The standard InChI is InChI=1S/C23H31N3O/c1-3-25-16-20(19-7-5-4-6-8-19)15-23(17-25)10-13-26(14-11-23)22(27)21-9-12-24-18(21)2/h4-9,12,20,24H,3,10-11,13-17H2,1-2H3/t20-/m1/s1. The number of carbonyl (C=O) groups excluding carboxylic acids is 1. The Balaban J connectivity index is 1.47. The Morgan fingerprint density at radius 1 is 1.19 bits per heavy atom. The zero-order chi connectivity index (χ0) is 18.9. The molecule has 0 aliphatic carbocycles. The molecule has 3 heterocycles. The number of nitrogens with one attached hydrogen (secondary N) is 1. The van der Waals surface area contributed by atoms with Crippen molar-refractivity contribution in [2.45, 2.75) is 39.0 Å². The van der Waals surface area contributed by atoms with E-state index in [1.807, 2.05) is 19.2 Å². The van der Waals surface area contributed by atoms with Gasteiger partial charge < -0.3 is 14.8 Å². The SMILES string of the molecule is CCN1C[C@H](c2ccccc2)CC2(CCN(C(=O)c3cc[nH]c3C)CC2)C1. The smallest absolute Gasteiger partial charge is 0.255 e. The highest BCUT2D eigenvalue weighted by Gasteiger charge is 2.42. The van der Waals surface area contributed by atoms with Gasteiger partial charge in [0.25, 0.3) is 5.91 Å². The summed E-state index contributed by atoms with van der Waals surface area (Å²) in [6.07, 6.45) is 5.33. The van der Waals surface area contributed by atoms with Gasteiger partial charge in [-0.25, -0.2) is 0 Å². The number of amides is 1. The molecule has 4 heteroatoms. The molecule has 2 aromatic rings. The normalized spacial score (nSPS) is 22.9. The molecule has 144 valence electrons. The van der Waals surface area contributed by atoms with Crippen molar-refractivity contribution in [1.29, 1.82) is 0 Å². The van der Waals surface area contributed by atoms with Crippen molar-refractivity contribution in [2.75, 3.05) is 32.7 Å². The Morgan fingerprint density at radius 2 is 1.93 bits per heavy atom. The zero-order valence-corrected chi connectivity index (χ0v) is 16.6. The van der Waals surface area contributed by atoms with E-state index >= 15 is 0 Å². The fraction of sp³-hybridized carbons (Fsp3) is 0.522. The molecular formula is C23H31N3O. The molecule has 2 fully saturated rings. The largest absolute Gasteiger partial charge is 0.365 e. The molecule has 4 rings (SSSR count). The van der Waals surface area contributed by atoms with Crippen LogP contribution in [0.25, 0.3) is 0 Å². The first-order valence-electron chi connectivity index (χ1n) is 10.3. The number of H-pyrrole nitrogens is 1. The molecule has 0 saturated carbocycles. The number of nitrogens with zero attached hydrogens (tertiary/aromatic N) is 2. The number of rotatable bonds is 3. The monoisotopic (exact) mass is 365 g/mol. The van der Waals surface area contributed by atoms with Gasteiger partial charge in [-0.05, 0) is 55.7 Å². The van der Waals surface area contributed by atoms with E-state index in [1.54, 1.807) is 0 Å². The lowest BCUT2D eigenvalue weighted by Gasteiger charge is -2.50. The van der Waals surface area contributed by atoms with Crippen LogP contribution in [0.15, 0.2) is 42.6 Å². The van der Waals surface area contributed by atoms with Gasteiger partial charge >= 0.3 is 0 Å². The molecule has 2 aliphatic rings. The van der Waals surface area contributed by atoms with Gasteiger partial charge in [0.1, 0.15) is 0 Å². The van der Waals surface area contributed by atoms with E-state index in [-0.39, 0.29) is 5.91 Å². The third-order valence-electron chi connectivity index (χ3n) is 6.73. The minimum Gasteiger partial charge on any atom is -0.365 e. The van der Waals surface area contributed by atoms with Crippen LogP contribution in [0.1, 0.15) is 53.7 Å². The molecule has 1 aromatic carbocycles. The van der Waals surface area contributed by atoms with Crippen molar-refractivity contribution in [1.82, 2.24) is 14.8 Å². The van der Waals surface area contributed by atoms with E-state index in [0.29, 0.717) is 11.3 Å². The predicted octanol–water partition coefficient (Wildman–Crippen LogP) is 4.05. The molecule has 0 unspecified atom stereocenters. The van der Waals surface area contributed by atoms with E-state index in [0.717, 1.165) is 50.3 Å². The molecule has 1 aromatic heterocycles. The van der Waals surface area contributed by atoms with Crippen LogP contribution in [-0.4, -0.2) is 53.4 Å². The summed E-state index contributed by atoms with van der Waals surface area (Å²) in [5.74, 6) is 0.792. The highest BCUT2D eigenvalue weighted by molar-refractivity contribution is 5.95. The molecular weight excluding hydrogens is 334 g/mol. The summed E-state index contributed by atoms with van der Waals surface area (Å²) in [4.78, 5) is 20.7. The first-order chi connectivity index (χ1) is 13.1. The maximum atomic E-state index is 12.9. The first-order valence-corrected chi connectivity index (χ1v) is 10.3. The fourth-order valence-corrected chi connectivity index (χ4v) is 5.09. The van der Waals surface area contributed by atoms with E-state index < -0.39 is 0 Å². The summed E-state index contributed by atoms with van der Waals surface area (Å²) in [7, 11) is 0. The Kier molecular flexibility index (Phi) is 5.09. The number of aromatic nitrogens is 1. The number of likely N-dealkylation sites (N-methyl/N-ethyl adjacent to an activating group) is 1. The quantitative estimate of drug-likeness (QED) is 0.891. The molecule has 1 spiro atoms. The molecule has 2 saturated heterocycles. The van der Waals surface area contributed by atoms with Gasteiger partial charge in [0.2, 0.25) is 0 Å². The molecule has 0 radical (unpaired) electrons. The van der Waals surface area contributed by atoms with Crippen LogP contribution < -0.4 is 0 Å². The van der Waals surface area contributed by atoms with E-state index in [4.69, 9.17) is 0 Å². The van der Waals surface area contributed by atoms with Crippen LogP contribution >= 0.6 is 0 Å². The van der Waals surface area contributed by atoms with Crippen LogP contribution in [0.4, 0.5) is 0 Å². The maximum Gasteiger partial charge on any atom is 0.255 e. The van der Waals surface area contributed by atoms with Crippen molar-refractivity contribution in [3.63, 3.8) is 0 Å². The van der Waals surface area contributed by atoms with Gasteiger partial charge in [0.15, 0.2) is 0 Å². The van der Waals surface area contributed by atoms with Gasteiger partial charge in [0.05, 0.1) is 5.56 Å². The summed E-state index contributed by atoms with van der Waals surface area (Å²) in [5, 5.41) is 0. The molecule has 4 nitrogen and oxygen atoms in total. The number of carbonyl (C=O) groups is 1. The highest BCUT2D eigenvalue weighted by Crippen LogP contribution is 2.45. The minimum atomic E-state index is 0.186. The number of likely N-dealkylation sites (tertiary alicyclic amines) is 2. The van der Waals surface area contributed by atoms with Crippen LogP contribution in [-0.2, 0) is 0 Å². The fourth-order valence-electron chi connectivity index (χ4n) is 5.09. The van der Waals surface area contributed by atoms with Crippen molar-refractivity contribution in [2.24, 2.45) is 5.41 Å². The minimum absolute atomic E-state index is 0.186. The Hall–Kier alpha value is -2.07. The van der Waals surface area contributed by atoms with Crippen molar-refractivity contribution >= 4 is 5.91 Å². The number of aryl methyl sites for hydroxylation is 1. The second-order valence-electron chi connectivity index (χ2n) is 8.45. The number of hydrogen-bond acceptors (Lipinski definition) is 2. The van der Waals surface area contributed by atoms with Crippen molar-refractivity contribution in [3.8, 4) is 0 Å². The topological polar surface area (TPSA) is 39.3 Å². The van der Waals surface area contributed by atoms with Crippen molar-refractivity contribution < 1.29 is 4.79 Å². The maximum absolute atomic E-state index is 12.9. The third kappa shape index (κ3) is 3.68. The second kappa shape index (κ2) is 7.51. The van der Waals surface area contributed by atoms with Gasteiger partial charge in [-0.15, -0.1) is 0 Å². The van der Waals surface area contributed by atoms with Gasteiger partial charge in [0, 0.05) is 38.1 Å². The molecule has 1 atom stereocenters. The summed E-state index contributed by atoms with van der Waals surface area (Å²) in [6.45, 7) is 9.45. The summed E-state index contributed by atoms with van der Waals surface area (Å²) < 4.78 is 0. The zero-order valence-electron chi connectivity index (χ0n) is 16.6. The molecule has 2 aliphatic heterocycles. The van der Waals surface area contributed by atoms with Crippen LogP contribution in [0.5, 0.6) is 0 Å². The lowest BCUT2D eigenvalue weighted by molar-refractivity contribution is 0.0158.